The minimum Gasteiger partial charge on any atom is -0.508 e. The predicted molar refractivity (Wildman–Crippen MR) is 430 cm³/mol. The zero-order chi connectivity index (χ0) is 85.8. The molecule has 6 rings (SSSR count). The first-order valence-corrected chi connectivity index (χ1v) is 39.4. The Kier molecular flexibility index (Phi) is 38.2. The average molecular weight is 1630 g/mol. The molecule has 0 unspecified atom stereocenters. The molecule has 117 heavy (non-hydrogen) atoms. The zero-order valence-corrected chi connectivity index (χ0v) is 66.6. The number of nitrogens with two attached hydrogens (primary N) is 5. The molecule has 26 N–H and O–H groups in total. The van der Waals surface area contributed by atoms with Crippen LogP contribution >= 0.6 is 0 Å². The quantitative estimate of drug-likeness (QED) is 0.0138. The van der Waals surface area contributed by atoms with Crippen LogP contribution in [0.4, 0.5) is 0 Å². The Morgan fingerprint density at radius 1 is 0.513 bits per heavy atom. The molecule has 0 radical (unpaired) electrons. The Balaban J connectivity index is 1.23. The van der Waals surface area contributed by atoms with Crippen LogP contribution in [0.2, 0.25) is 0 Å². The van der Waals surface area contributed by atoms with Crippen LogP contribution in [0.3, 0.4) is 0 Å². The van der Waals surface area contributed by atoms with Gasteiger partial charge in [-0.2, -0.15) is 0 Å². The molecule has 0 aliphatic carbocycles. The number of fused-ring (bicyclic) bond motifs is 2. The summed E-state index contributed by atoms with van der Waals surface area (Å²) in [4.78, 5) is 229. The van der Waals surface area contributed by atoms with E-state index in [4.69, 9.17) is 33.4 Å². The number of hydrogen-bond acceptors (Lipinski definition) is 21. The van der Waals surface area contributed by atoms with Gasteiger partial charge in [0.05, 0.1) is 25.9 Å². The van der Waals surface area contributed by atoms with Crippen molar-refractivity contribution in [2.45, 2.75) is 210 Å². The van der Waals surface area contributed by atoms with Gasteiger partial charge in [-0.15, -0.1) is 0 Å². The number of amides is 15. The first-order chi connectivity index (χ1) is 55.8. The van der Waals surface area contributed by atoms with Crippen molar-refractivity contribution in [2.75, 3.05) is 39.3 Å². The van der Waals surface area contributed by atoms with Crippen LogP contribution < -0.4 is 97.8 Å². The first kappa shape index (κ1) is 93.8. The summed E-state index contributed by atoms with van der Waals surface area (Å²) in [6.45, 7) is 6.41. The number of aromatic hydroxyl groups is 1. The lowest BCUT2D eigenvalue weighted by atomic mass is 9.96. The van der Waals surface area contributed by atoms with Crippen LogP contribution in [-0.2, 0) is 101 Å². The minimum absolute atomic E-state index is 0.00142. The molecular formula is C79H114N20O18. The second-order valence-electron chi connectivity index (χ2n) is 29.5. The Morgan fingerprint density at radius 2 is 1.01 bits per heavy atom. The molecule has 3 heterocycles. The fourth-order valence-corrected chi connectivity index (χ4v) is 13.0. The lowest BCUT2D eigenvalue weighted by Gasteiger charge is -2.31. The summed E-state index contributed by atoms with van der Waals surface area (Å²) in [6, 6.07) is 4.21. The van der Waals surface area contributed by atoms with E-state index in [9.17, 15) is 72.2 Å². The smallest absolute Gasteiger partial charge is 0.325 e. The lowest BCUT2D eigenvalue weighted by molar-refractivity contribution is -0.153. The summed E-state index contributed by atoms with van der Waals surface area (Å²) >= 11 is 0. The van der Waals surface area contributed by atoms with Gasteiger partial charge in [0.1, 0.15) is 78.8 Å². The van der Waals surface area contributed by atoms with E-state index in [-0.39, 0.29) is 96.0 Å². The number of phenolic OH excluding ortho intramolecular Hbond substituents is 1. The van der Waals surface area contributed by atoms with E-state index < -0.39 is 199 Å². The number of aromatic nitrogens is 2. The number of nitrogens with one attached hydrogen (secondary N) is 15. The maximum Gasteiger partial charge on any atom is 0.325 e. The van der Waals surface area contributed by atoms with Gasteiger partial charge in [-0.3, -0.25) is 76.7 Å². The molecule has 1 aliphatic heterocycles. The molecule has 12 atom stereocenters. The third-order valence-corrected chi connectivity index (χ3v) is 19.7. The van der Waals surface area contributed by atoms with E-state index >= 15 is 9.59 Å². The molecule has 15 amide bonds. The van der Waals surface area contributed by atoms with E-state index in [0.717, 1.165) is 19.3 Å². The second-order valence-corrected chi connectivity index (χ2v) is 29.5. The number of hydrogen-bond donors (Lipinski definition) is 21. The van der Waals surface area contributed by atoms with E-state index in [1.54, 1.807) is 74.8 Å². The van der Waals surface area contributed by atoms with Crippen molar-refractivity contribution >= 4 is 116 Å². The molecule has 0 spiro atoms. The highest BCUT2D eigenvalue weighted by Gasteiger charge is 2.40. The van der Waals surface area contributed by atoms with Crippen LogP contribution in [0.15, 0.2) is 85.2 Å². The van der Waals surface area contributed by atoms with Gasteiger partial charge in [-0.25, -0.2) is 0 Å². The molecule has 0 bridgehead atoms. The van der Waals surface area contributed by atoms with Crippen molar-refractivity contribution in [1.29, 1.82) is 0 Å². The van der Waals surface area contributed by atoms with Crippen LogP contribution in [0, 0.1) is 11.8 Å². The monoisotopic (exact) mass is 1630 g/mol. The molecule has 38 heteroatoms. The number of ether oxygens (including phenoxy) is 1. The van der Waals surface area contributed by atoms with E-state index in [0.29, 0.717) is 50.8 Å². The van der Waals surface area contributed by atoms with Gasteiger partial charge >= 0.3 is 5.97 Å². The molecule has 2 aromatic heterocycles. The number of phenols is 1. The topological polar surface area (TPSA) is 621 Å². The molecular weight excluding hydrogens is 1520 g/mol. The summed E-state index contributed by atoms with van der Waals surface area (Å²) < 4.78 is 5.56. The largest absolute Gasteiger partial charge is 0.508 e. The molecule has 638 valence electrons. The number of H-pyrrole nitrogens is 2. The van der Waals surface area contributed by atoms with Crippen molar-refractivity contribution in [3.05, 3.63) is 102 Å². The third-order valence-electron chi connectivity index (χ3n) is 19.7. The van der Waals surface area contributed by atoms with Crippen molar-refractivity contribution in [1.82, 2.24) is 79.1 Å². The maximum atomic E-state index is 15.0. The van der Waals surface area contributed by atoms with Crippen LogP contribution in [0.25, 0.3) is 21.8 Å². The predicted octanol–water partition coefficient (Wildman–Crippen LogP) is -2.86. The highest BCUT2D eigenvalue weighted by atomic mass is 16.5. The fourth-order valence-electron chi connectivity index (χ4n) is 13.0. The Morgan fingerprint density at radius 3 is 1.54 bits per heavy atom. The number of esters is 1. The fraction of sp³-hybridized carbons (Fsp3) is 0.519. The number of unbranched alkanes of at least 4 members (excludes halogenated alkanes) is 2. The molecule has 38 nitrogen and oxygen atoms in total. The zero-order valence-electron chi connectivity index (χ0n) is 66.6. The molecule has 1 saturated heterocycles. The summed E-state index contributed by atoms with van der Waals surface area (Å²) in [5.74, 6) is -15.5. The van der Waals surface area contributed by atoms with Crippen molar-refractivity contribution in [2.24, 2.45) is 40.5 Å². The number of carbonyl (C=O) groups excluding carboxylic acids is 16. The number of cyclic esters (lactones) is 1. The number of benzene rings is 3. The van der Waals surface area contributed by atoms with Gasteiger partial charge in [-0.05, 0) is 124 Å². The molecule has 1 aliphatic rings. The lowest BCUT2D eigenvalue weighted by Crippen LogP contribution is -2.63. The third kappa shape index (κ3) is 30.9. The standard InChI is InChI=1S/C79H114N20O18/c1-6-44(4)68-78(115)97-60(36-62(83)101)71(108)88-40-65(104)87-42-67(106)117-45(5)69(79(116)98-68)99-77(114)59(35-48-39-86-53-21-13-11-19-51(48)53)95-72(109)55(23-15-31-81)90-66(105)41-89-70(107)54(22-14-30-80)92-73(110)56(24-16-32-82)93-75(112)58(34-47-38-85-52-20-12-10-18-50(47)52)96-74(111)57(33-46-26-28-49(100)29-27-46)94-76(113)61(37-63(84)102)91-64(103)25-9-7-8-17-43(2)3/h10-13,18-21,26-29,38-39,43-45,54-61,68-69,85-86,100H,6-9,14-17,22-25,30-37,40-42,80-82H2,1-5H3,(H2,83,101)(H2,84,102)(H,87,104)(H,88,108)(H,89,107)(H,90,105)(H,91,103)(H,92,110)(H,93,112)(H,94,113)(H,95,109)(H,96,111)(H,97,115)(H,98,116)(H,99,114)/t44-,45+,54-,55+,56+,57+,58+,59-,60-,61+,68-,69-/m0/s1. The Hall–Kier alpha value is -12.1. The van der Waals surface area contributed by atoms with Crippen molar-refractivity contribution in [3.8, 4) is 5.75 Å². The molecule has 3 aromatic carbocycles. The van der Waals surface area contributed by atoms with Gasteiger partial charge in [0.15, 0.2) is 0 Å². The van der Waals surface area contributed by atoms with Gasteiger partial charge in [0, 0.05) is 59.9 Å². The molecule has 5 aromatic rings. The summed E-state index contributed by atoms with van der Waals surface area (Å²) in [6.07, 6.45) is 2.88. The normalized spacial score (nSPS) is 17.6. The second kappa shape index (κ2) is 47.7. The number of rotatable bonds is 44. The Labute approximate surface area is 676 Å². The van der Waals surface area contributed by atoms with Crippen molar-refractivity contribution < 1.29 is 86.6 Å². The highest BCUT2D eigenvalue weighted by molar-refractivity contribution is 6.01. The van der Waals surface area contributed by atoms with Crippen LogP contribution in [0.1, 0.15) is 141 Å². The first-order valence-electron chi connectivity index (χ1n) is 39.4. The Bertz CT molecular complexity index is 4260. The van der Waals surface area contributed by atoms with E-state index in [1.165, 1.54) is 31.2 Å². The number of aromatic amines is 2. The van der Waals surface area contributed by atoms with Gasteiger partial charge in [0.25, 0.3) is 0 Å². The summed E-state index contributed by atoms with van der Waals surface area (Å²) in [7, 11) is 0. The SMILES string of the molecule is CC[C@H](C)[C@@H]1NC(=O)[C@@H](NC(=O)[C@H](Cc2c[nH]c3ccccc23)NC(=O)[C@@H](CCCN)NC(=O)CNC(=O)[C@H](CCCN)NC(=O)[C@@H](CCCN)NC(=O)[C@@H](Cc2c[nH]c3ccccc23)NC(=O)[C@@H](Cc2ccc(O)cc2)NC(=O)[C@@H](CC(N)=O)NC(=O)CCCCCC(C)C)[C@@H](C)OC(=O)CNC(=O)CNC(=O)[C@H](CC(N)=O)NC1=O. The van der Waals surface area contributed by atoms with Crippen LogP contribution in [-0.4, -0.2) is 215 Å². The number of primary amides is 2. The van der Waals surface area contributed by atoms with Crippen LogP contribution in [0.5, 0.6) is 5.75 Å². The van der Waals surface area contributed by atoms with E-state index in [1.807, 2.05) is 0 Å². The number of carbonyl (C=O) groups is 16. The molecule has 0 saturated carbocycles. The average Bonchev–Trinajstić information content (AvgIpc) is 1.73. The van der Waals surface area contributed by atoms with Gasteiger partial charge in [-0.1, -0.05) is 102 Å². The van der Waals surface area contributed by atoms with E-state index in [2.05, 4.69) is 92.9 Å². The van der Waals surface area contributed by atoms with Crippen molar-refractivity contribution in [3.63, 3.8) is 0 Å². The van der Waals surface area contributed by atoms with Gasteiger partial charge in [0.2, 0.25) is 88.6 Å². The minimum atomic E-state index is -1.87. The maximum absolute atomic E-state index is 15.0. The number of para-hydroxylation sites is 2. The summed E-state index contributed by atoms with van der Waals surface area (Å²) in [5, 5.41) is 44.6. The molecule has 1 fully saturated rings. The summed E-state index contributed by atoms with van der Waals surface area (Å²) in [5.41, 5.74) is 31.6. The van der Waals surface area contributed by atoms with Gasteiger partial charge < -0.3 is 118 Å². The highest BCUT2D eigenvalue weighted by Crippen LogP contribution is 2.23.